The third kappa shape index (κ3) is 7.91. The fourth-order valence-corrected chi connectivity index (χ4v) is 1.82. The number of carbonyl (C=O) groups excluding carboxylic acids is 1. The number of unbranched alkanes of at least 4 members (excludes halogenated alkanes) is 1. The topological polar surface area (TPSA) is 26.3 Å². The molecule has 0 aromatic heterocycles. The smallest absolute Gasteiger partial charge is 0.333 e. The van der Waals surface area contributed by atoms with E-state index < -0.39 is 21.5 Å². The van der Waals surface area contributed by atoms with Crippen molar-refractivity contribution in [2.24, 2.45) is 0 Å². The molecule has 0 spiro atoms. The van der Waals surface area contributed by atoms with Gasteiger partial charge in [0.1, 0.15) is 9.52 Å². The van der Waals surface area contributed by atoms with Crippen molar-refractivity contribution in [3.8, 4) is 0 Å². The van der Waals surface area contributed by atoms with Crippen LogP contribution in [0.15, 0.2) is 12.2 Å². The summed E-state index contributed by atoms with van der Waals surface area (Å²) in [6.07, 6.45) is 1.39. The lowest BCUT2D eigenvalue weighted by atomic mass is 10.3. The quantitative estimate of drug-likeness (QED) is 0.284. The minimum atomic E-state index is -2.09. The normalized spacial score (nSPS) is 11.1. The average molecular weight is 222 g/mol. The van der Waals surface area contributed by atoms with E-state index in [1.54, 1.807) is 6.92 Å². The van der Waals surface area contributed by atoms with E-state index in [2.05, 4.69) is 6.58 Å². The molecule has 14 heavy (non-hydrogen) atoms. The van der Waals surface area contributed by atoms with Crippen LogP contribution in [0.5, 0.6) is 0 Å². The number of hydrogen-bond donors (Lipinski definition) is 0. The molecule has 0 rings (SSSR count). The minimum absolute atomic E-state index is 0.309. The molecule has 0 saturated carbocycles. The zero-order chi connectivity index (χ0) is 11.0. The number of carbonyl (C=O) groups is 1. The van der Waals surface area contributed by atoms with Crippen molar-refractivity contribution in [2.75, 3.05) is 6.61 Å². The summed E-state index contributed by atoms with van der Waals surface area (Å²) in [5.41, 5.74) is 0.368. The van der Waals surface area contributed by atoms with Gasteiger partial charge >= 0.3 is 5.97 Å². The van der Waals surface area contributed by atoms with Gasteiger partial charge in [-0.15, -0.1) is 0 Å². The first-order valence-electron chi connectivity index (χ1n) is 4.65. The van der Waals surface area contributed by atoms with Gasteiger partial charge in [0.15, 0.2) is 0 Å². The molecular formula is C9H16F2O2Si. The van der Waals surface area contributed by atoms with Gasteiger partial charge in [-0.2, -0.15) is 0 Å². The van der Waals surface area contributed by atoms with Crippen LogP contribution in [0.2, 0.25) is 6.04 Å². The van der Waals surface area contributed by atoms with Gasteiger partial charge in [0.05, 0.1) is 6.61 Å². The molecule has 0 amide bonds. The molecular weight excluding hydrogens is 206 g/mol. The molecule has 0 atom stereocenters. The highest BCUT2D eigenvalue weighted by Gasteiger charge is 2.04. The number of halogens is 2. The maximum absolute atomic E-state index is 11.7. The molecule has 0 heterocycles. The predicted octanol–water partition coefficient (Wildman–Crippen LogP) is 1.70. The molecule has 0 aliphatic heterocycles. The van der Waals surface area contributed by atoms with E-state index in [4.69, 9.17) is 4.74 Å². The summed E-state index contributed by atoms with van der Waals surface area (Å²) in [7, 11) is -1.21. The Morgan fingerprint density at radius 2 is 2.14 bits per heavy atom. The average Bonchev–Trinajstić information content (AvgIpc) is 2.09. The van der Waals surface area contributed by atoms with E-state index >= 15 is 0 Å². The van der Waals surface area contributed by atoms with Gasteiger partial charge in [0.25, 0.3) is 0 Å². The van der Waals surface area contributed by atoms with E-state index in [-0.39, 0.29) is 0 Å². The Morgan fingerprint density at radius 3 is 2.64 bits per heavy atom. The van der Waals surface area contributed by atoms with Crippen LogP contribution in [-0.4, -0.2) is 28.1 Å². The van der Waals surface area contributed by atoms with Gasteiger partial charge < -0.3 is 4.74 Å². The Labute approximate surface area is 85.1 Å². The molecule has 0 bridgehead atoms. The number of rotatable bonds is 7. The second kappa shape index (κ2) is 7.67. The second-order valence-corrected chi connectivity index (χ2v) is 5.06. The molecule has 0 radical (unpaired) electrons. The molecule has 0 fully saturated rings. The van der Waals surface area contributed by atoms with Crippen LogP contribution in [0.3, 0.4) is 0 Å². The first-order valence-corrected chi connectivity index (χ1v) is 6.46. The Balaban J connectivity index is 3.22. The van der Waals surface area contributed by atoms with Crippen LogP contribution < -0.4 is 0 Å². The van der Waals surface area contributed by atoms with Gasteiger partial charge in [-0.3, -0.25) is 0 Å². The number of hydrogen-bond acceptors (Lipinski definition) is 2. The fraction of sp³-hybridized carbons (Fsp3) is 0.667. The SMILES string of the molecule is C=C(C)C(=O)OCCCC[SiH2]C(F)F. The summed E-state index contributed by atoms with van der Waals surface area (Å²) in [6.45, 7) is 5.31. The lowest BCUT2D eigenvalue weighted by molar-refractivity contribution is -0.139. The van der Waals surface area contributed by atoms with Crippen molar-refractivity contribution < 1.29 is 18.3 Å². The highest BCUT2D eigenvalue weighted by atomic mass is 28.2. The fourth-order valence-electron chi connectivity index (χ4n) is 0.866. The van der Waals surface area contributed by atoms with Gasteiger partial charge in [-0.05, 0) is 13.3 Å². The van der Waals surface area contributed by atoms with Crippen LogP contribution in [0.1, 0.15) is 19.8 Å². The summed E-state index contributed by atoms with van der Waals surface area (Å²) in [6, 6.07) is -1.48. The van der Waals surface area contributed by atoms with Gasteiger partial charge in [0.2, 0.25) is 6.05 Å². The van der Waals surface area contributed by atoms with Crippen molar-refractivity contribution in [2.45, 2.75) is 31.9 Å². The van der Waals surface area contributed by atoms with Crippen molar-refractivity contribution in [3.63, 3.8) is 0 Å². The summed E-state index contributed by atoms with van der Waals surface area (Å²) < 4.78 is 28.3. The van der Waals surface area contributed by atoms with Gasteiger partial charge in [-0.25, -0.2) is 13.6 Å². The third-order valence-corrected chi connectivity index (χ3v) is 2.99. The van der Waals surface area contributed by atoms with Crippen LogP contribution in [0, 0.1) is 0 Å². The maximum Gasteiger partial charge on any atom is 0.333 e. The summed E-state index contributed by atoms with van der Waals surface area (Å²) in [5.74, 6) is -0.406. The highest BCUT2D eigenvalue weighted by molar-refractivity contribution is 6.36. The van der Waals surface area contributed by atoms with Crippen molar-refractivity contribution in [1.82, 2.24) is 0 Å². The largest absolute Gasteiger partial charge is 0.462 e. The van der Waals surface area contributed by atoms with Crippen molar-refractivity contribution in [3.05, 3.63) is 12.2 Å². The minimum Gasteiger partial charge on any atom is -0.462 e. The molecule has 2 nitrogen and oxygen atoms in total. The number of esters is 1. The molecule has 5 heteroatoms. The second-order valence-electron chi connectivity index (χ2n) is 3.16. The number of ether oxygens (including phenoxy) is 1. The maximum atomic E-state index is 11.7. The monoisotopic (exact) mass is 222 g/mol. The zero-order valence-corrected chi connectivity index (χ0v) is 9.81. The third-order valence-electron chi connectivity index (χ3n) is 1.65. The Bertz CT molecular complexity index is 195. The molecule has 0 aromatic rings. The molecule has 82 valence electrons. The van der Waals surface area contributed by atoms with Gasteiger partial charge in [-0.1, -0.05) is 19.0 Å². The van der Waals surface area contributed by atoms with E-state index in [1.165, 1.54) is 0 Å². The summed E-state index contributed by atoms with van der Waals surface area (Å²) in [4.78, 5) is 10.9. The van der Waals surface area contributed by atoms with Crippen LogP contribution >= 0.6 is 0 Å². The van der Waals surface area contributed by atoms with Crippen LogP contribution in [-0.2, 0) is 9.53 Å². The Morgan fingerprint density at radius 1 is 1.50 bits per heavy atom. The zero-order valence-electron chi connectivity index (χ0n) is 8.39. The van der Waals surface area contributed by atoms with Crippen LogP contribution in [0.25, 0.3) is 0 Å². The molecule has 0 saturated heterocycles. The Hall–Kier alpha value is -0.713. The van der Waals surface area contributed by atoms with E-state index in [0.29, 0.717) is 24.6 Å². The molecule has 0 N–H and O–H groups in total. The molecule has 0 aromatic carbocycles. The molecule has 0 aliphatic carbocycles. The van der Waals surface area contributed by atoms with E-state index in [0.717, 1.165) is 6.42 Å². The molecule has 0 unspecified atom stereocenters. The summed E-state index contributed by atoms with van der Waals surface area (Å²) >= 11 is 0. The van der Waals surface area contributed by atoms with E-state index in [1.807, 2.05) is 0 Å². The van der Waals surface area contributed by atoms with Gasteiger partial charge in [0, 0.05) is 5.57 Å². The predicted molar refractivity (Wildman–Crippen MR) is 54.4 cm³/mol. The van der Waals surface area contributed by atoms with Crippen LogP contribution in [0.4, 0.5) is 8.78 Å². The first-order chi connectivity index (χ1) is 6.54. The molecule has 0 aliphatic rings. The summed E-state index contributed by atoms with van der Waals surface area (Å²) in [5, 5.41) is 0. The lowest BCUT2D eigenvalue weighted by Crippen LogP contribution is -2.07. The van der Waals surface area contributed by atoms with Crippen molar-refractivity contribution in [1.29, 1.82) is 0 Å². The van der Waals surface area contributed by atoms with E-state index in [9.17, 15) is 13.6 Å². The standard InChI is InChI=1S/C9H16F2O2Si/c1-7(2)8(12)13-5-3-4-6-14-9(10)11/h9H,1,3-6,14H2,2H3. The Kier molecular flexibility index (Phi) is 7.28. The van der Waals surface area contributed by atoms with Crippen molar-refractivity contribution >= 4 is 15.5 Å². The first kappa shape index (κ1) is 13.3. The number of alkyl halides is 2. The lowest BCUT2D eigenvalue weighted by Gasteiger charge is -2.03. The highest BCUT2D eigenvalue weighted by Crippen LogP contribution is 2.01.